The number of hydrogen-bond donors (Lipinski definition) is 1. The first-order chi connectivity index (χ1) is 15.3. The fourth-order valence-corrected chi connectivity index (χ4v) is 4.59. The number of methoxy groups -OCH3 is 2. The van der Waals surface area contributed by atoms with E-state index in [-0.39, 0.29) is 10.8 Å². The van der Waals surface area contributed by atoms with E-state index in [1.165, 1.54) is 25.6 Å². The van der Waals surface area contributed by atoms with Crippen LogP contribution in [0.4, 0.5) is 11.4 Å². The third-order valence-electron chi connectivity index (χ3n) is 4.85. The fraction of sp³-hybridized carbons (Fsp3) is 0.174. The molecule has 1 amide bonds. The first-order valence-corrected chi connectivity index (χ1v) is 12.2. The van der Waals surface area contributed by atoms with Crippen molar-refractivity contribution in [3.05, 3.63) is 72.3 Å². The first-order valence-electron chi connectivity index (χ1n) is 9.56. The lowest BCUT2D eigenvalue weighted by molar-refractivity contribution is 0.102. The number of nitrogens with one attached hydrogen (secondary N) is 1. The number of rotatable bonds is 8. The second-order valence-electron chi connectivity index (χ2n) is 6.72. The van der Waals surface area contributed by atoms with Crippen LogP contribution in [0.5, 0.6) is 11.5 Å². The summed E-state index contributed by atoms with van der Waals surface area (Å²) in [5, 5.41) is 2.79. The average molecular weight is 473 g/mol. The SMILES string of the molecule is COc1ccc(NC(=O)c2ccc(N(C)S(=O)(=O)c3ccc(SC)cc3)cc2)cc1OC. The van der Waals surface area contributed by atoms with Crippen LogP contribution in [0.2, 0.25) is 0 Å². The smallest absolute Gasteiger partial charge is 0.264 e. The Labute approximate surface area is 192 Å². The van der Waals surface area contributed by atoms with Crippen LogP contribution in [-0.4, -0.2) is 41.8 Å². The molecule has 0 aliphatic heterocycles. The highest BCUT2D eigenvalue weighted by Gasteiger charge is 2.21. The van der Waals surface area contributed by atoms with Crippen LogP contribution in [0.1, 0.15) is 10.4 Å². The molecule has 3 aromatic rings. The van der Waals surface area contributed by atoms with Gasteiger partial charge in [0.2, 0.25) is 0 Å². The van der Waals surface area contributed by atoms with Crippen LogP contribution < -0.4 is 19.1 Å². The molecule has 0 fully saturated rings. The molecule has 0 aliphatic carbocycles. The topological polar surface area (TPSA) is 84.9 Å². The predicted octanol–water partition coefficient (Wildman–Crippen LogP) is 4.50. The third-order valence-corrected chi connectivity index (χ3v) is 7.40. The number of carbonyl (C=O) groups excluding carboxylic acids is 1. The van der Waals surface area contributed by atoms with Crippen molar-refractivity contribution in [2.24, 2.45) is 0 Å². The Kier molecular flexibility index (Phi) is 7.32. The van der Waals surface area contributed by atoms with Gasteiger partial charge in [0.1, 0.15) is 0 Å². The van der Waals surface area contributed by atoms with Gasteiger partial charge in [-0.2, -0.15) is 0 Å². The Balaban J connectivity index is 1.75. The summed E-state index contributed by atoms with van der Waals surface area (Å²) < 4.78 is 37.5. The van der Waals surface area contributed by atoms with Gasteiger partial charge in [-0.15, -0.1) is 11.8 Å². The van der Waals surface area contributed by atoms with E-state index in [9.17, 15) is 13.2 Å². The number of hydrogen-bond acceptors (Lipinski definition) is 6. The van der Waals surface area contributed by atoms with E-state index >= 15 is 0 Å². The van der Waals surface area contributed by atoms with Gasteiger partial charge >= 0.3 is 0 Å². The molecule has 0 spiro atoms. The van der Waals surface area contributed by atoms with Crippen LogP contribution in [0.3, 0.4) is 0 Å². The molecule has 0 saturated carbocycles. The summed E-state index contributed by atoms with van der Waals surface area (Å²) in [4.78, 5) is 13.8. The summed E-state index contributed by atoms with van der Waals surface area (Å²) in [5.74, 6) is 0.724. The predicted molar refractivity (Wildman–Crippen MR) is 128 cm³/mol. The molecule has 168 valence electrons. The van der Waals surface area contributed by atoms with Crippen LogP contribution in [0.25, 0.3) is 0 Å². The first kappa shape index (κ1) is 23.5. The molecule has 3 rings (SSSR count). The largest absolute Gasteiger partial charge is 0.493 e. The Bertz CT molecular complexity index is 1190. The van der Waals surface area contributed by atoms with E-state index in [1.54, 1.807) is 78.5 Å². The van der Waals surface area contributed by atoms with Crippen molar-refractivity contribution in [2.75, 3.05) is 37.1 Å². The molecule has 0 unspecified atom stereocenters. The molecular weight excluding hydrogens is 448 g/mol. The highest BCUT2D eigenvalue weighted by atomic mass is 32.2. The van der Waals surface area contributed by atoms with Gasteiger partial charge in [0.05, 0.1) is 24.8 Å². The van der Waals surface area contributed by atoms with Crippen LogP contribution in [-0.2, 0) is 10.0 Å². The van der Waals surface area contributed by atoms with Gasteiger partial charge in [-0.3, -0.25) is 9.10 Å². The molecule has 9 heteroatoms. The van der Waals surface area contributed by atoms with Gasteiger partial charge in [-0.05, 0) is 66.9 Å². The lowest BCUT2D eigenvalue weighted by atomic mass is 10.2. The second kappa shape index (κ2) is 9.97. The minimum Gasteiger partial charge on any atom is -0.493 e. The Morgan fingerprint density at radius 1 is 0.906 bits per heavy atom. The summed E-state index contributed by atoms with van der Waals surface area (Å²) in [7, 11) is 0.821. The van der Waals surface area contributed by atoms with Gasteiger partial charge in [-0.25, -0.2) is 8.42 Å². The minimum absolute atomic E-state index is 0.202. The number of amides is 1. The standard InChI is InChI=1S/C23H24N2O5S2/c1-25(32(27,28)20-12-10-19(31-4)11-13-20)18-8-5-16(6-9-18)23(26)24-17-7-14-21(29-2)22(15-17)30-3/h5-15H,1-4H3,(H,24,26). The number of nitrogens with zero attached hydrogens (tertiary/aromatic N) is 1. The van der Waals surface area contributed by atoms with Gasteiger partial charge in [0.25, 0.3) is 15.9 Å². The molecule has 0 aromatic heterocycles. The quantitative estimate of drug-likeness (QED) is 0.486. The van der Waals surface area contributed by atoms with Gasteiger partial charge in [0, 0.05) is 29.3 Å². The highest BCUT2D eigenvalue weighted by Crippen LogP contribution is 2.30. The molecule has 0 heterocycles. The van der Waals surface area contributed by atoms with Gasteiger partial charge in [-0.1, -0.05) is 0 Å². The lowest BCUT2D eigenvalue weighted by Gasteiger charge is -2.20. The van der Waals surface area contributed by atoms with Crippen molar-refractivity contribution >= 4 is 39.1 Å². The van der Waals surface area contributed by atoms with E-state index < -0.39 is 10.0 Å². The number of ether oxygens (including phenoxy) is 2. The van der Waals surface area contributed by atoms with Crippen LogP contribution >= 0.6 is 11.8 Å². The Hall–Kier alpha value is -3.17. The van der Waals surface area contributed by atoms with Crippen LogP contribution in [0, 0.1) is 0 Å². The number of benzene rings is 3. The molecule has 0 radical (unpaired) electrons. The third kappa shape index (κ3) is 5.00. The summed E-state index contributed by atoms with van der Waals surface area (Å²) in [6.45, 7) is 0. The molecule has 0 bridgehead atoms. The maximum atomic E-state index is 12.9. The van der Waals surface area contributed by atoms with Gasteiger partial charge in [0.15, 0.2) is 11.5 Å². The zero-order valence-electron chi connectivity index (χ0n) is 18.2. The summed E-state index contributed by atoms with van der Waals surface area (Å²) in [6, 6.07) is 18.1. The van der Waals surface area contributed by atoms with Crippen molar-refractivity contribution in [1.82, 2.24) is 0 Å². The molecule has 0 aliphatic rings. The Morgan fingerprint density at radius 2 is 1.53 bits per heavy atom. The molecular formula is C23H24N2O5S2. The number of thioether (sulfide) groups is 1. The van der Waals surface area contributed by atoms with Crippen molar-refractivity contribution in [2.45, 2.75) is 9.79 Å². The normalized spacial score (nSPS) is 11.0. The van der Waals surface area contributed by atoms with E-state index in [2.05, 4.69) is 5.32 Å². The van der Waals surface area contributed by atoms with E-state index in [0.29, 0.717) is 28.4 Å². The maximum Gasteiger partial charge on any atom is 0.264 e. The molecule has 1 N–H and O–H groups in total. The summed E-state index contributed by atoms with van der Waals surface area (Å²) >= 11 is 1.54. The Morgan fingerprint density at radius 3 is 2.09 bits per heavy atom. The second-order valence-corrected chi connectivity index (χ2v) is 9.57. The van der Waals surface area contributed by atoms with Crippen molar-refractivity contribution in [1.29, 1.82) is 0 Å². The van der Waals surface area contributed by atoms with Gasteiger partial charge < -0.3 is 14.8 Å². The molecule has 0 atom stereocenters. The summed E-state index contributed by atoms with van der Waals surface area (Å²) in [5.41, 5.74) is 1.38. The average Bonchev–Trinajstić information content (AvgIpc) is 2.83. The zero-order valence-corrected chi connectivity index (χ0v) is 19.8. The number of anilines is 2. The van der Waals surface area contributed by atoms with Crippen molar-refractivity contribution in [3.63, 3.8) is 0 Å². The van der Waals surface area contributed by atoms with Crippen LogP contribution in [0.15, 0.2) is 76.5 Å². The van der Waals surface area contributed by atoms with Crippen molar-refractivity contribution < 1.29 is 22.7 Å². The lowest BCUT2D eigenvalue weighted by Crippen LogP contribution is -2.26. The number of sulfonamides is 1. The number of carbonyl (C=O) groups is 1. The molecule has 32 heavy (non-hydrogen) atoms. The molecule has 7 nitrogen and oxygen atoms in total. The van der Waals surface area contributed by atoms with E-state index in [0.717, 1.165) is 4.90 Å². The van der Waals surface area contributed by atoms with Crippen molar-refractivity contribution in [3.8, 4) is 11.5 Å². The molecule has 3 aromatic carbocycles. The summed E-state index contributed by atoms with van der Waals surface area (Å²) in [6.07, 6.45) is 1.93. The maximum absolute atomic E-state index is 12.9. The van der Waals surface area contributed by atoms with E-state index in [1.807, 2.05) is 6.26 Å². The van der Waals surface area contributed by atoms with E-state index in [4.69, 9.17) is 9.47 Å². The monoisotopic (exact) mass is 472 g/mol. The fourth-order valence-electron chi connectivity index (χ4n) is 2.98. The zero-order chi connectivity index (χ0) is 23.3. The highest BCUT2D eigenvalue weighted by molar-refractivity contribution is 7.98. The molecule has 0 saturated heterocycles. The minimum atomic E-state index is -3.72.